The van der Waals surface area contributed by atoms with Gasteiger partial charge in [0.05, 0.1) is 0 Å². The van der Waals surface area contributed by atoms with Gasteiger partial charge in [-0.3, -0.25) is 0 Å². The van der Waals surface area contributed by atoms with E-state index in [1.165, 1.54) is 5.56 Å². The van der Waals surface area contributed by atoms with E-state index < -0.39 is 5.51 Å². The molecular weight excluding hydrogens is 249 g/mol. The van der Waals surface area contributed by atoms with Crippen LogP contribution in [0.5, 0.6) is 0 Å². The van der Waals surface area contributed by atoms with Crippen molar-refractivity contribution in [2.24, 2.45) is 5.73 Å². The second-order valence-electron chi connectivity index (χ2n) is 4.27. The maximum absolute atomic E-state index is 12.0. The molecule has 0 spiro atoms. The zero-order valence-corrected chi connectivity index (χ0v) is 10.2. The molecule has 1 aromatic rings. The minimum atomic E-state index is -4.14. The van der Waals surface area contributed by atoms with E-state index in [9.17, 15) is 13.2 Å². The highest BCUT2D eigenvalue weighted by molar-refractivity contribution is 8.00. The van der Waals surface area contributed by atoms with E-state index in [1.54, 1.807) is 0 Å². The van der Waals surface area contributed by atoms with E-state index in [-0.39, 0.29) is 23.6 Å². The minimum absolute atomic E-state index is 0.0231. The maximum Gasteiger partial charge on any atom is 0.441 e. The smallest absolute Gasteiger partial charge is 0.353 e. The van der Waals surface area contributed by atoms with Crippen molar-refractivity contribution in [2.45, 2.75) is 37.4 Å². The molecular formula is C11H15F3N2S. The van der Waals surface area contributed by atoms with Gasteiger partial charge in [0, 0.05) is 30.7 Å². The Hall–Kier alpha value is -0.620. The Morgan fingerprint density at radius 2 is 2.18 bits per heavy atom. The third-order valence-corrected chi connectivity index (χ3v) is 3.69. The summed E-state index contributed by atoms with van der Waals surface area (Å²) < 4.78 is 37.8. The Balaban J connectivity index is 1.94. The predicted octanol–water partition coefficient (Wildman–Crippen LogP) is 3.08. The standard InChI is InChI=1S/C11H15F3N2S/c12-11(13,14)17-5-4-16-6-8-2-1-3-10(15)9(8)7-16/h6-7,10H,1-5,15H2. The molecule has 17 heavy (non-hydrogen) atoms. The largest absolute Gasteiger partial charge is 0.441 e. The van der Waals surface area contributed by atoms with Crippen LogP contribution in [-0.2, 0) is 13.0 Å². The van der Waals surface area contributed by atoms with Crippen LogP contribution in [-0.4, -0.2) is 15.8 Å². The number of fused-ring (bicyclic) bond motifs is 1. The third-order valence-electron chi connectivity index (χ3n) is 2.97. The Morgan fingerprint density at radius 1 is 1.41 bits per heavy atom. The zero-order chi connectivity index (χ0) is 12.5. The van der Waals surface area contributed by atoms with E-state index >= 15 is 0 Å². The number of alkyl halides is 3. The fourth-order valence-electron chi connectivity index (χ4n) is 2.18. The van der Waals surface area contributed by atoms with Crippen LogP contribution in [0, 0.1) is 0 Å². The first-order valence-corrected chi connectivity index (χ1v) is 6.59. The van der Waals surface area contributed by atoms with Crippen LogP contribution >= 0.6 is 11.8 Å². The Morgan fingerprint density at radius 3 is 2.82 bits per heavy atom. The second-order valence-corrected chi connectivity index (χ2v) is 5.43. The van der Waals surface area contributed by atoms with E-state index in [0.717, 1.165) is 24.8 Å². The molecule has 0 saturated heterocycles. The molecule has 0 aliphatic heterocycles. The quantitative estimate of drug-likeness (QED) is 0.909. The molecule has 6 heteroatoms. The number of nitrogens with zero attached hydrogens (tertiary/aromatic N) is 1. The van der Waals surface area contributed by atoms with Crippen LogP contribution < -0.4 is 5.73 Å². The number of aromatic nitrogens is 1. The highest BCUT2D eigenvalue weighted by Crippen LogP contribution is 2.31. The van der Waals surface area contributed by atoms with E-state index in [1.807, 2.05) is 17.0 Å². The van der Waals surface area contributed by atoms with Crippen molar-refractivity contribution in [3.8, 4) is 0 Å². The van der Waals surface area contributed by atoms with Crippen LogP contribution in [0.2, 0.25) is 0 Å². The summed E-state index contributed by atoms with van der Waals surface area (Å²) in [4.78, 5) is 0. The number of hydrogen-bond acceptors (Lipinski definition) is 2. The summed E-state index contributed by atoms with van der Waals surface area (Å²) in [5.74, 6) is 0.0479. The lowest BCUT2D eigenvalue weighted by Crippen LogP contribution is -2.15. The Labute approximate surface area is 102 Å². The molecule has 2 nitrogen and oxygen atoms in total. The van der Waals surface area contributed by atoms with Crippen LogP contribution in [0.15, 0.2) is 12.4 Å². The van der Waals surface area contributed by atoms with E-state index in [4.69, 9.17) is 5.73 Å². The van der Waals surface area contributed by atoms with Crippen molar-refractivity contribution in [3.05, 3.63) is 23.5 Å². The number of aryl methyl sites for hydroxylation is 2. The van der Waals surface area contributed by atoms with Crippen LogP contribution in [0.25, 0.3) is 0 Å². The van der Waals surface area contributed by atoms with Crippen molar-refractivity contribution >= 4 is 11.8 Å². The average Bonchev–Trinajstić information content (AvgIpc) is 2.60. The number of rotatable bonds is 3. The number of halogens is 3. The molecule has 0 amide bonds. The summed E-state index contributed by atoms with van der Waals surface area (Å²) in [6.07, 6.45) is 6.85. The number of thioether (sulfide) groups is 1. The molecule has 1 aliphatic rings. The summed E-state index contributed by atoms with van der Waals surface area (Å²) in [6.45, 7) is 0.379. The van der Waals surface area contributed by atoms with Gasteiger partial charge in [0.25, 0.3) is 0 Å². The second kappa shape index (κ2) is 4.94. The Kier molecular flexibility index (Phi) is 3.73. The summed E-state index contributed by atoms with van der Waals surface area (Å²) >= 11 is 0.0231. The summed E-state index contributed by atoms with van der Waals surface area (Å²) in [5, 5.41) is 0. The van der Waals surface area contributed by atoms with E-state index in [2.05, 4.69) is 0 Å². The van der Waals surface area contributed by atoms with Crippen LogP contribution in [0.4, 0.5) is 13.2 Å². The average molecular weight is 264 g/mol. The maximum atomic E-state index is 12.0. The van der Waals surface area contributed by atoms with Gasteiger partial charge in [-0.2, -0.15) is 13.2 Å². The van der Waals surface area contributed by atoms with Gasteiger partial charge in [-0.1, -0.05) is 0 Å². The molecule has 2 rings (SSSR count). The van der Waals surface area contributed by atoms with Crippen molar-refractivity contribution < 1.29 is 13.2 Å². The van der Waals surface area contributed by atoms with Crippen molar-refractivity contribution in [3.63, 3.8) is 0 Å². The fraction of sp³-hybridized carbons (Fsp3) is 0.636. The SMILES string of the molecule is NC1CCCc2cn(CCSC(F)(F)F)cc21. The molecule has 2 N–H and O–H groups in total. The summed E-state index contributed by atoms with van der Waals surface area (Å²) in [7, 11) is 0. The molecule has 1 heterocycles. The van der Waals surface area contributed by atoms with Gasteiger partial charge in [-0.15, -0.1) is 0 Å². The molecule has 1 aromatic heterocycles. The predicted molar refractivity (Wildman–Crippen MR) is 62.8 cm³/mol. The van der Waals surface area contributed by atoms with Crippen molar-refractivity contribution in [1.82, 2.24) is 4.57 Å². The van der Waals surface area contributed by atoms with Gasteiger partial charge in [-0.05, 0) is 42.2 Å². The Bertz CT molecular complexity index is 387. The minimum Gasteiger partial charge on any atom is -0.353 e. The number of hydrogen-bond donors (Lipinski definition) is 1. The molecule has 0 aromatic carbocycles. The van der Waals surface area contributed by atoms with Gasteiger partial charge in [0.1, 0.15) is 0 Å². The first-order valence-electron chi connectivity index (χ1n) is 5.60. The van der Waals surface area contributed by atoms with Gasteiger partial charge < -0.3 is 10.3 Å². The van der Waals surface area contributed by atoms with Crippen LogP contribution in [0.3, 0.4) is 0 Å². The lowest BCUT2D eigenvalue weighted by Gasteiger charge is -2.17. The molecule has 1 aliphatic carbocycles. The molecule has 96 valence electrons. The molecule has 0 fully saturated rings. The van der Waals surface area contributed by atoms with Gasteiger partial charge in [0.15, 0.2) is 0 Å². The highest BCUT2D eigenvalue weighted by Gasteiger charge is 2.27. The molecule has 0 radical (unpaired) electrons. The molecule has 1 unspecified atom stereocenters. The number of nitrogens with two attached hydrogens (primary N) is 1. The van der Waals surface area contributed by atoms with Crippen LogP contribution in [0.1, 0.15) is 30.0 Å². The first kappa shape index (κ1) is 12.8. The fourth-order valence-corrected chi connectivity index (χ4v) is 2.71. The summed E-state index contributed by atoms with van der Waals surface area (Å²) in [5.41, 5.74) is 4.12. The normalized spacial score (nSPS) is 20.4. The highest BCUT2D eigenvalue weighted by atomic mass is 32.2. The lowest BCUT2D eigenvalue weighted by atomic mass is 9.92. The lowest BCUT2D eigenvalue weighted by molar-refractivity contribution is -0.0328. The van der Waals surface area contributed by atoms with Crippen molar-refractivity contribution in [2.75, 3.05) is 5.75 Å². The topological polar surface area (TPSA) is 30.9 Å². The van der Waals surface area contributed by atoms with Gasteiger partial charge >= 0.3 is 5.51 Å². The van der Waals surface area contributed by atoms with Crippen molar-refractivity contribution in [1.29, 1.82) is 0 Å². The van der Waals surface area contributed by atoms with Gasteiger partial charge in [-0.25, -0.2) is 0 Å². The van der Waals surface area contributed by atoms with E-state index in [0.29, 0.717) is 6.54 Å². The van der Waals surface area contributed by atoms with Gasteiger partial charge in [0.2, 0.25) is 0 Å². The molecule has 0 saturated carbocycles. The first-order chi connectivity index (χ1) is 7.96. The third kappa shape index (κ3) is 3.42. The zero-order valence-electron chi connectivity index (χ0n) is 9.33. The monoisotopic (exact) mass is 264 g/mol. The molecule has 1 atom stereocenters. The molecule has 0 bridgehead atoms. The summed E-state index contributed by atoms with van der Waals surface area (Å²) in [6, 6.07) is 0.0512.